The zero-order chi connectivity index (χ0) is 14.8. The molecule has 0 radical (unpaired) electrons. The fourth-order valence-electron chi connectivity index (χ4n) is 1.59. The fourth-order valence-corrected chi connectivity index (χ4v) is 2.31. The SMILES string of the molecule is CC(C)OCc1csc(-c2nnc(CC(C)(C)C)o2)n1. The molecule has 0 aromatic carbocycles. The summed E-state index contributed by atoms with van der Waals surface area (Å²) < 4.78 is 11.2. The summed E-state index contributed by atoms with van der Waals surface area (Å²) in [5.41, 5.74) is 1.03. The number of hydrogen-bond donors (Lipinski definition) is 0. The van der Waals surface area contributed by atoms with Crippen molar-refractivity contribution in [2.45, 2.75) is 53.8 Å². The Kier molecular flexibility index (Phi) is 4.55. The minimum absolute atomic E-state index is 0.128. The molecule has 0 aliphatic heterocycles. The van der Waals surface area contributed by atoms with Crippen LogP contribution in [-0.2, 0) is 17.8 Å². The van der Waals surface area contributed by atoms with E-state index < -0.39 is 0 Å². The second-order valence-electron chi connectivity index (χ2n) is 6.24. The van der Waals surface area contributed by atoms with Crippen molar-refractivity contribution in [2.75, 3.05) is 0 Å². The van der Waals surface area contributed by atoms with Crippen molar-refractivity contribution in [3.8, 4) is 10.9 Å². The zero-order valence-electron chi connectivity index (χ0n) is 12.6. The summed E-state index contributed by atoms with van der Waals surface area (Å²) in [5.74, 6) is 1.15. The number of rotatable bonds is 5. The Morgan fingerprint density at radius 3 is 2.70 bits per heavy atom. The van der Waals surface area contributed by atoms with E-state index in [9.17, 15) is 0 Å². The molecule has 0 fully saturated rings. The maximum atomic E-state index is 5.67. The minimum Gasteiger partial charge on any atom is -0.419 e. The molecule has 110 valence electrons. The lowest BCUT2D eigenvalue weighted by molar-refractivity contribution is 0.0639. The third-order valence-corrected chi connectivity index (χ3v) is 3.33. The molecule has 0 unspecified atom stereocenters. The largest absolute Gasteiger partial charge is 0.419 e. The topological polar surface area (TPSA) is 61.0 Å². The van der Waals surface area contributed by atoms with Crippen LogP contribution in [0.3, 0.4) is 0 Å². The van der Waals surface area contributed by atoms with E-state index >= 15 is 0 Å². The van der Waals surface area contributed by atoms with Gasteiger partial charge in [-0.15, -0.1) is 21.5 Å². The van der Waals surface area contributed by atoms with Gasteiger partial charge in [-0.05, 0) is 19.3 Å². The first-order valence-electron chi connectivity index (χ1n) is 6.72. The van der Waals surface area contributed by atoms with Crippen LogP contribution >= 0.6 is 11.3 Å². The van der Waals surface area contributed by atoms with E-state index in [-0.39, 0.29) is 11.5 Å². The van der Waals surface area contributed by atoms with Gasteiger partial charge in [-0.1, -0.05) is 20.8 Å². The van der Waals surface area contributed by atoms with E-state index in [0.717, 1.165) is 17.1 Å². The highest BCUT2D eigenvalue weighted by Crippen LogP contribution is 2.25. The predicted molar refractivity (Wildman–Crippen MR) is 78.5 cm³/mol. The zero-order valence-corrected chi connectivity index (χ0v) is 13.5. The van der Waals surface area contributed by atoms with Crippen molar-refractivity contribution in [1.29, 1.82) is 0 Å². The van der Waals surface area contributed by atoms with Crippen LogP contribution in [0, 0.1) is 5.41 Å². The summed E-state index contributed by atoms with van der Waals surface area (Å²) in [4.78, 5) is 4.46. The predicted octanol–water partition coefficient (Wildman–Crippen LogP) is 3.71. The fraction of sp³-hybridized carbons (Fsp3) is 0.643. The standard InChI is InChI=1S/C14H21N3O2S/c1-9(2)18-7-10-8-20-13(15-10)12-17-16-11(19-12)6-14(3,4)5/h8-9H,6-7H2,1-5H3. The van der Waals surface area contributed by atoms with E-state index in [0.29, 0.717) is 18.4 Å². The van der Waals surface area contributed by atoms with Gasteiger partial charge in [0, 0.05) is 11.8 Å². The van der Waals surface area contributed by atoms with Crippen molar-refractivity contribution in [1.82, 2.24) is 15.2 Å². The number of ether oxygens (including phenoxy) is 1. The van der Waals surface area contributed by atoms with Crippen LogP contribution in [0.15, 0.2) is 9.80 Å². The van der Waals surface area contributed by atoms with Gasteiger partial charge in [0.15, 0.2) is 5.01 Å². The van der Waals surface area contributed by atoms with Crippen molar-refractivity contribution in [3.05, 3.63) is 17.0 Å². The molecule has 0 bridgehead atoms. The molecule has 0 N–H and O–H groups in total. The van der Waals surface area contributed by atoms with Gasteiger partial charge in [-0.25, -0.2) is 4.98 Å². The van der Waals surface area contributed by atoms with Gasteiger partial charge in [0.25, 0.3) is 5.89 Å². The third kappa shape index (κ3) is 4.38. The van der Waals surface area contributed by atoms with Crippen LogP contribution in [0.4, 0.5) is 0 Å². The summed E-state index contributed by atoms with van der Waals surface area (Å²) in [6.07, 6.45) is 0.955. The van der Waals surface area contributed by atoms with Crippen LogP contribution in [-0.4, -0.2) is 21.3 Å². The lowest BCUT2D eigenvalue weighted by Gasteiger charge is -2.14. The Balaban J connectivity index is 2.05. The van der Waals surface area contributed by atoms with Crippen LogP contribution in [0.25, 0.3) is 10.9 Å². The van der Waals surface area contributed by atoms with E-state index in [1.165, 1.54) is 11.3 Å². The molecule has 2 aromatic heterocycles. The second-order valence-corrected chi connectivity index (χ2v) is 7.10. The molecule has 2 aromatic rings. The molecular weight excluding hydrogens is 274 g/mol. The minimum atomic E-state index is 0.128. The van der Waals surface area contributed by atoms with E-state index in [1.807, 2.05) is 19.2 Å². The summed E-state index contributed by atoms with van der Waals surface area (Å²) in [5, 5.41) is 10.9. The van der Waals surface area contributed by atoms with Gasteiger partial charge in [0.05, 0.1) is 18.4 Å². The Bertz CT molecular complexity index is 555. The van der Waals surface area contributed by atoms with Crippen molar-refractivity contribution in [2.24, 2.45) is 5.41 Å². The molecule has 0 atom stereocenters. The first-order valence-corrected chi connectivity index (χ1v) is 7.60. The molecule has 0 aliphatic rings. The highest BCUT2D eigenvalue weighted by atomic mass is 32.1. The molecule has 0 saturated carbocycles. The highest BCUT2D eigenvalue weighted by Gasteiger charge is 2.18. The molecule has 6 heteroatoms. The van der Waals surface area contributed by atoms with Crippen LogP contribution in [0.5, 0.6) is 0 Å². The van der Waals surface area contributed by atoms with Crippen molar-refractivity contribution >= 4 is 11.3 Å². The molecular formula is C14H21N3O2S. The molecule has 2 heterocycles. The van der Waals surface area contributed by atoms with Gasteiger partial charge >= 0.3 is 0 Å². The van der Waals surface area contributed by atoms with Crippen LogP contribution in [0.1, 0.15) is 46.2 Å². The van der Waals surface area contributed by atoms with Crippen molar-refractivity contribution < 1.29 is 9.15 Å². The Hall–Kier alpha value is -1.27. The Morgan fingerprint density at radius 2 is 2.05 bits per heavy atom. The quantitative estimate of drug-likeness (QED) is 0.841. The molecule has 0 saturated heterocycles. The molecule has 2 rings (SSSR count). The maximum absolute atomic E-state index is 5.67. The Labute approximate surface area is 123 Å². The van der Waals surface area contributed by atoms with E-state index in [2.05, 4.69) is 36.0 Å². The summed E-state index contributed by atoms with van der Waals surface area (Å²) in [7, 11) is 0. The molecule has 0 aliphatic carbocycles. The smallest absolute Gasteiger partial charge is 0.276 e. The number of nitrogens with zero attached hydrogens (tertiary/aromatic N) is 3. The number of thiazole rings is 1. The molecule has 20 heavy (non-hydrogen) atoms. The highest BCUT2D eigenvalue weighted by molar-refractivity contribution is 7.13. The molecule has 0 amide bonds. The molecule has 5 nitrogen and oxygen atoms in total. The average Bonchev–Trinajstić information content (AvgIpc) is 2.92. The van der Waals surface area contributed by atoms with Crippen molar-refractivity contribution in [3.63, 3.8) is 0 Å². The van der Waals surface area contributed by atoms with Gasteiger partial charge in [0.1, 0.15) is 0 Å². The second kappa shape index (κ2) is 6.01. The molecule has 0 spiro atoms. The normalized spacial score (nSPS) is 12.3. The van der Waals surface area contributed by atoms with E-state index in [1.54, 1.807) is 0 Å². The monoisotopic (exact) mass is 295 g/mol. The van der Waals surface area contributed by atoms with Gasteiger partial charge < -0.3 is 9.15 Å². The maximum Gasteiger partial charge on any atom is 0.276 e. The lowest BCUT2D eigenvalue weighted by Crippen LogP contribution is -2.09. The lowest BCUT2D eigenvalue weighted by atomic mass is 9.92. The summed E-state index contributed by atoms with van der Waals surface area (Å²) >= 11 is 1.50. The van der Waals surface area contributed by atoms with Gasteiger partial charge in [0.2, 0.25) is 5.89 Å². The first-order chi connectivity index (χ1) is 9.33. The summed E-state index contributed by atoms with van der Waals surface area (Å²) in [6, 6.07) is 0. The van der Waals surface area contributed by atoms with Crippen LogP contribution in [0.2, 0.25) is 0 Å². The first kappa shape index (κ1) is 15.1. The average molecular weight is 295 g/mol. The van der Waals surface area contributed by atoms with Crippen LogP contribution < -0.4 is 0 Å². The van der Waals surface area contributed by atoms with Gasteiger partial charge in [-0.3, -0.25) is 0 Å². The van der Waals surface area contributed by atoms with Gasteiger partial charge in [-0.2, -0.15) is 0 Å². The Morgan fingerprint density at radius 1 is 1.30 bits per heavy atom. The summed E-state index contributed by atoms with van der Waals surface area (Å²) in [6.45, 7) is 10.9. The number of aromatic nitrogens is 3. The number of hydrogen-bond acceptors (Lipinski definition) is 6. The third-order valence-electron chi connectivity index (χ3n) is 2.45. The van der Waals surface area contributed by atoms with E-state index in [4.69, 9.17) is 9.15 Å².